The summed E-state index contributed by atoms with van der Waals surface area (Å²) >= 11 is 0. The van der Waals surface area contributed by atoms with Crippen LogP contribution in [0.25, 0.3) is 0 Å². The molecule has 0 bridgehead atoms. The van der Waals surface area contributed by atoms with Gasteiger partial charge in [-0.3, -0.25) is 0 Å². The van der Waals surface area contributed by atoms with E-state index in [9.17, 15) is 4.39 Å². The molecule has 0 aromatic heterocycles. The van der Waals surface area contributed by atoms with Crippen LogP contribution in [0.2, 0.25) is 0 Å². The van der Waals surface area contributed by atoms with Crippen molar-refractivity contribution >= 4 is 0 Å². The average Bonchev–Trinajstić information content (AvgIpc) is 2.05. The minimum Gasteiger partial charge on any atom is -0.494 e. The minimum atomic E-state index is -0.197. The lowest BCUT2D eigenvalue weighted by atomic mass is 10.3. The maximum absolute atomic E-state index is 12.8. The molecular weight excluding hydrogens is 143 g/mol. The molecule has 64 valence electrons. The van der Waals surface area contributed by atoms with Gasteiger partial charge in [0.05, 0.1) is 7.11 Å². The van der Waals surface area contributed by atoms with Crippen molar-refractivity contribution in [3.05, 3.63) is 23.7 Å². The smallest absolute Gasteiger partial charge is 0.149 e. The summed E-state index contributed by atoms with van der Waals surface area (Å²) in [6.07, 6.45) is 4.81. The van der Waals surface area contributed by atoms with E-state index in [4.69, 9.17) is 4.74 Å². The zero-order valence-electron chi connectivity index (χ0n) is 7.36. The van der Waals surface area contributed by atoms with E-state index in [1.807, 2.05) is 13.0 Å². The molecule has 0 spiro atoms. The first-order valence-corrected chi connectivity index (χ1v) is 3.85. The summed E-state index contributed by atoms with van der Waals surface area (Å²) in [5.41, 5.74) is 0. The van der Waals surface area contributed by atoms with Crippen molar-refractivity contribution in [1.29, 1.82) is 0 Å². The van der Waals surface area contributed by atoms with Crippen LogP contribution < -0.4 is 0 Å². The Bertz CT molecular complexity index is 159. The molecule has 0 saturated heterocycles. The van der Waals surface area contributed by atoms with Crippen molar-refractivity contribution in [3.63, 3.8) is 0 Å². The van der Waals surface area contributed by atoms with Crippen LogP contribution in [0.1, 0.15) is 26.7 Å². The lowest BCUT2D eigenvalue weighted by molar-refractivity contribution is 0.288. The Hall–Kier alpha value is -0.790. The molecule has 0 N–H and O–H groups in total. The number of allylic oxidation sites excluding steroid dienone is 3. The van der Waals surface area contributed by atoms with Gasteiger partial charge in [0.2, 0.25) is 0 Å². The second-order valence-corrected chi connectivity index (χ2v) is 2.14. The summed E-state index contributed by atoms with van der Waals surface area (Å²) < 4.78 is 17.6. The van der Waals surface area contributed by atoms with Crippen molar-refractivity contribution in [2.45, 2.75) is 26.7 Å². The predicted molar refractivity (Wildman–Crippen MR) is 44.9 cm³/mol. The molecule has 0 aliphatic rings. The summed E-state index contributed by atoms with van der Waals surface area (Å²) in [6, 6.07) is 0. The van der Waals surface area contributed by atoms with Gasteiger partial charge in [-0.05, 0) is 12.5 Å². The van der Waals surface area contributed by atoms with Gasteiger partial charge in [0, 0.05) is 6.42 Å². The van der Waals surface area contributed by atoms with E-state index in [1.54, 1.807) is 13.0 Å². The highest BCUT2D eigenvalue weighted by Crippen LogP contribution is 2.11. The van der Waals surface area contributed by atoms with Gasteiger partial charge in [-0.15, -0.1) is 0 Å². The van der Waals surface area contributed by atoms with Gasteiger partial charge in [0.1, 0.15) is 11.6 Å². The average molecular weight is 158 g/mol. The van der Waals surface area contributed by atoms with Gasteiger partial charge in [0.15, 0.2) is 0 Å². The van der Waals surface area contributed by atoms with Crippen LogP contribution in [0.3, 0.4) is 0 Å². The first kappa shape index (κ1) is 10.2. The van der Waals surface area contributed by atoms with Crippen molar-refractivity contribution in [2.24, 2.45) is 0 Å². The molecule has 0 unspecified atom stereocenters. The van der Waals surface area contributed by atoms with Crippen LogP contribution in [0, 0.1) is 0 Å². The Morgan fingerprint density at radius 3 is 2.45 bits per heavy atom. The number of ether oxygens (including phenoxy) is 1. The molecule has 0 amide bonds. The molecular formula is C9H15FO. The summed E-state index contributed by atoms with van der Waals surface area (Å²) in [4.78, 5) is 0. The molecule has 0 heterocycles. The fourth-order valence-electron chi connectivity index (χ4n) is 0.668. The largest absolute Gasteiger partial charge is 0.494 e. The molecule has 0 atom stereocenters. The topological polar surface area (TPSA) is 9.23 Å². The Morgan fingerprint density at radius 1 is 1.45 bits per heavy atom. The zero-order valence-corrected chi connectivity index (χ0v) is 7.36. The number of methoxy groups -OCH3 is 1. The lowest BCUT2D eigenvalue weighted by Gasteiger charge is -2.00. The van der Waals surface area contributed by atoms with Gasteiger partial charge in [-0.1, -0.05) is 19.9 Å². The summed E-state index contributed by atoms with van der Waals surface area (Å²) in [5.74, 6) is 0.145. The van der Waals surface area contributed by atoms with E-state index in [0.29, 0.717) is 12.2 Å². The Labute approximate surface area is 67.6 Å². The molecule has 0 aromatic rings. The molecule has 2 heteroatoms. The van der Waals surface area contributed by atoms with Crippen LogP contribution in [0.15, 0.2) is 23.7 Å². The number of halogens is 1. The van der Waals surface area contributed by atoms with E-state index in [1.165, 1.54) is 7.11 Å². The van der Waals surface area contributed by atoms with Gasteiger partial charge in [-0.2, -0.15) is 0 Å². The Morgan fingerprint density at radius 2 is 2.09 bits per heavy atom. The van der Waals surface area contributed by atoms with E-state index in [2.05, 4.69) is 0 Å². The highest BCUT2D eigenvalue weighted by Gasteiger charge is 1.98. The third kappa shape index (κ3) is 3.81. The van der Waals surface area contributed by atoms with Gasteiger partial charge in [0.25, 0.3) is 0 Å². The fraction of sp³-hybridized carbons (Fsp3) is 0.556. The highest BCUT2D eigenvalue weighted by molar-refractivity contribution is 5.15. The van der Waals surface area contributed by atoms with Crippen LogP contribution in [0.5, 0.6) is 0 Å². The van der Waals surface area contributed by atoms with Crippen LogP contribution in [0.4, 0.5) is 4.39 Å². The number of rotatable bonds is 4. The molecule has 0 aliphatic carbocycles. The number of hydrogen-bond acceptors (Lipinski definition) is 1. The van der Waals surface area contributed by atoms with E-state index < -0.39 is 0 Å². The molecule has 11 heavy (non-hydrogen) atoms. The quantitative estimate of drug-likeness (QED) is 0.451. The number of hydrogen-bond donors (Lipinski definition) is 0. The molecule has 0 saturated carbocycles. The van der Waals surface area contributed by atoms with Crippen molar-refractivity contribution < 1.29 is 9.13 Å². The van der Waals surface area contributed by atoms with E-state index in [-0.39, 0.29) is 5.83 Å². The lowest BCUT2D eigenvalue weighted by Crippen LogP contribution is -1.85. The van der Waals surface area contributed by atoms with Gasteiger partial charge in [-0.25, -0.2) is 4.39 Å². The third-order valence-electron chi connectivity index (χ3n) is 1.30. The molecule has 0 aromatic carbocycles. The van der Waals surface area contributed by atoms with Crippen molar-refractivity contribution in [2.75, 3.05) is 7.11 Å². The Balaban J connectivity index is 4.26. The van der Waals surface area contributed by atoms with E-state index in [0.717, 1.165) is 6.42 Å². The van der Waals surface area contributed by atoms with Gasteiger partial charge < -0.3 is 4.74 Å². The molecule has 0 aliphatic heterocycles. The summed E-state index contributed by atoms with van der Waals surface area (Å²) in [5, 5.41) is 0. The van der Waals surface area contributed by atoms with Crippen molar-refractivity contribution in [1.82, 2.24) is 0 Å². The van der Waals surface area contributed by atoms with Crippen LogP contribution >= 0.6 is 0 Å². The molecule has 0 radical (unpaired) electrons. The fourth-order valence-corrected chi connectivity index (χ4v) is 0.668. The van der Waals surface area contributed by atoms with Crippen LogP contribution in [-0.4, -0.2) is 7.11 Å². The van der Waals surface area contributed by atoms with Crippen molar-refractivity contribution in [3.8, 4) is 0 Å². The zero-order chi connectivity index (χ0) is 8.69. The first-order valence-electron chi connectivity index (χ1n) is 3.85. The highest BCUT2D eigenvalue weighted by atomic mass is 19.1. The minimum absolute atomic E-state index is 0.197. The normalized spacial score (nSPS) is 13.5. The standard InChI is InChI=1S/C9H15FO/c1-4-6-7-9(11-3)8(10)5-2/h6-7H,4-5H2,1-3H3/b7-6-,9-8-. The maximum atomic E-state index is 12.8. The second-order valence-electron chi connectivity index (χ2n) is 2.14. The predicted octanol–water partition coefficient (Wildman–Crippen LogP) is 3.19. The molecule has 0 fully saturated rings. The summed E-state index contributed by atoms with van der Waals surface area (Å²) in [6.45, 7) is 3.75. The summed E-state index contributed by atoms with van der Waals surface area (Å²) in [7, 11) is 1.48. The van der Waals surface area contributed by atoms with E-state index >= 15 is 0 Å². The van der Waals surface area contributed by atoms with Crippen LogP contribution in [-0.2, 0) is 4.74 Å². The molecule has 0 rings (SSSR count). The molecule has 1 nitrogen and oxygen atoms in total. The monoisotopic (exact) mass is 158 g/mol. The second kappa shape index (κ2) is 5.96. The SMILES string of the molecule is CC/C=C\C(OC)=C(\F)CC. The first-order chi connectivity index (χ1) is 5.26. The van der Waals surface area contributed by atoms with Gasteiger partial charge >= 0.3 is 0 Å². The maximum Gasteiger partial charge on any atom is 0.149 e. The third-order valence-corrected chi connectivity index (χ3v) is 1.30. The Kier molecular flexibility index (Phi) is 5.53.